The average molecular weight is 326 g/mol. The fourth-order valence-electron chi connectivity index (χ4n) is 1.54. The minimum atomic E-state index is -0.257. The number of hydrogen-bond donors (Lipinski definition) is 0. The number of thiazole rings is 1. The molecule has 2 rings (SSSR count). The molecule has 0 bridgehead atoms. The van der Waals surface area contributed by atoms with Crippen molar-refractivity contribution in [3.05, 3.63) is 50.4 Å². The van der Waals surface area contributed by atoms with Crippen LogP contribution in [0, 0.1) is 0 Å². The van der Waals surface area contributed by atoms with E-state index in [9.17, 15) is 4.79 Å². The van der Waals surface area contributed by atoms with Gasteiger partial charge >= 0.3 is 5.97 Å². The first-order valence-electron chi connectivity index (χ1n) is 5.42. The quantitative estimate of drug-likeness (QED) is 0.810. The number of rotatable bonds is 4. The minimum absolute atomic E-state index is 0.239. The summed E-state index contributed by atoms with van der Waals surface area (Å²) in [7, 11) is 1.39. The van der Waals surface area contributed by atoms with Crippen molar-refractivity contribution in [2.45, 2.75) is 12.8 Å². The molecule has 1 aromatic heterocycles. The van der Waals surface area contributed by atoms with Gasteiger partial charge in [-0.25, -0.2) is 4.98 Å². The maximum Gasteiger partial charge on any atom is 0.311 e. The number of carbonyl (C=O) groups is 1. The van der Waals surface area contributed by atoms with Crippen LogP contribution in [0.15, 0.2) is 34.1 Å². The van der Waals surface area contributed by atoms with Gasteiger partial charge in [0.2, 0.25) is 0 Å². The van der Waals surface area contributed by atoms with Crippen LogP contribution in [0.4, 0.5) is 0 Å². The van der Waals surface area contributed by atoms with Gasteiger partial charge in [0.1, 0.15) is 0 Å². The lowest BCUT2D eigenvalue weighted by Crippen LogP contribution is -2.04. The van der Waals surface area contributed by atoms with E-state index in [-0.39, 0.29) is 12.4 Å². The van der Waals surface area contributed by atoms with Crippen LogP contribution in [0.5, 0.6) is 0 Å². The van der Waals surface area contributed by atoms with E-state index < -0.39 is 0 Å². The van der Waals surface area contributed by atoms with Crippen molar-refractivity contribution in [2.75, 3.05) is 7.11 Å². The molecule has 1 aromatic carbocycles. The van der Waals surface area contributed by atoms with Crippen molar-refractivity contribution < 1.29 is 9.53 Å². The lowest BCUT2D eigenvalue weighted by atomic mass is 10.2. The molecule has 0 radical (unpaired) electrons. The summed E-state index contributed by atoms with van der Waals surface area (Å²) in [5.41, 5.74) is 1.96. The highest BCUT2D eigenvalue weighted by Crippen LogP contribution is 2.21. The number of esters is 1. The van der Waals surface area contributed by atoms with Crippen LogP contribution in [-0.2, 0) is 22.4 Å². The van der Waals surface area contributed by atoms with E-state index in [1.54, 1.807) is 11.3 Å². The summed E-state index contributed by atoms with van der Waals surface area (Å²) >= 11 is 5.08. The third-order valence-corrected chi connectivity index (χ3v) is 4.12. The molecule has 0 aliphatic rings. The predicted octanol–water partition coefficient (Wildman–Crippen LogP) is 3.21. The zero-order valence-corrected chi connectivity index (χ0v) is 12.3. The summed E-state index contributed by atoms with van der Waals surface area (Å²) in [4.78, 5) is 15.6. The highest BCUT2D eigenvalue weighted by molar-refractivity contribution is 9.10. The molecular formula is C13H12BrNO2S. The summed E-state index contributed by atoms with van der Waals surface area (Å²) in [6.45, 7) is 0. The smallest absolute Gasteiger partial charge is 0.311 e. The van der Waals surface area contributed by atoms with Gasteiger partial charge in [0.05, 0.1) is 24.2 Å². The van der Waals surface area contributed by atoms with Gasteiger partial charge in [0, 0.05) is 16.3 Å². The van der Waals surface area contributed by atoms with E-state index in [1.807, 2.05) is 23.6 Å². The summed E-state index contributed by atoms with van der Waals surface area (Å²) in [6.07, 6.45) is 1.01. The Balaban J connectivity index is 2.07. The molecule has 0 atom stereocenters. The number of carbonyl (C=O) groups excluding carboxylic acids is 1. The van der Waals surface area contributed by atoms with Gasteiger partial charge in [-0.3, -0.25) is 4.79 Å². The molecule has 2 aromatic rings. The zero-order valence-electron chi connectivity index (χ0n) is 9.85. The molecule has 0 spiro atoms. The topological polar surface area (TPSA) is 39.2 Å². The SMILES string of the molecule is COC(=O)Cc1csc(Cc2ccccc2Br)n1. The lowest BCUT2D eigenvalue weighted by Gasteiger charge is -2.00. The number of hydrogen-bond acceptors (Lipinski definition) is 4. The molecule has 0 amide bonds. The fourth-order valence-corrected chi connectivity index (χ4v) is 2.78. The second kappa shape index (κ2) is 6.11. The van der Waals surface area contributed by atoms with Crippen molar-refractivity contribution >= 4 is 33.2 Å². The van der Waals surface area contributed by atoms with E-state index in [1.165, 1.54) is 12.7 Å². The molecule has 0 saturated heterocycles. The van der Waals surface area contributed by atoms with Crippen LogP contribution in [-0.4, -0.2) is 18.1 Å². The predicted molar refractivity (Wildman–Crippen MR) is 74.8 cm³/mol. The second-order valence-electron chi connectivity index (χ2n) is 3.75. The maximum atomic E-state index is 11.1. The van der Waals surface area contributed by atoms with Gasteiger partial charge < -0.3 is 4.74 Å². The number of benzene rings is 1. The summed E-state index contributed by atoms with van der Waals surface area (Å²) < 4.78 is 5.70. The zero-order chi connectivity index (χ0) is 13.0. The number of methoxy groups -OCH3 is 1. The van der Waals surface area contributed by atoms with Gasteiger partial charge in [0.15, 0.2) is 0 Å². The third-order valence-electron chi connectivity index (χ3n) is 2.45. The number of halogens is 1. The maximum absolute atomic E-state index is 11.1. The van der Waals surface area contributed by atoms with Crippen molar-refractivity contribution in [2.24, 2.45) is 0 Å². The normalized spacial score (nSPS) is 10.3. The third kappa shape index (κ3) is 3.40. The number of nitrogens with zero attached hydrogens (tertiary/aromatic N) is 1. The van der Waals surface area contributed by atoms with Crippen LogP contribution in [0.3, 0.4) is 0 Å². The average Bonchev–Trinajstić information content (AvgIpc) is 2.79. The van der Waals surface area contributed by atoms with Gasteiger partial charge in [-0.2, -0.15) is 0 Å². The van der Waals surface area contributed by atoms with E-state index in [0.29, 0.717) is 0 Å². The summed E-state index contributed by atoms with van der Waals surface area (Å²) in [5.74, 6) is -0.257. The van der Waals surface area contributed by atoms with Crippen molar-refractivity contribution in [3.8, 4) is 0 Å². The number of ether oxygens (including phenoxy) is 1. The molecule has 0 fully saturated rings. The molecule has 18 heavy (non-hydrogen) atoms. The summed E-state index contributed by atoms with van der Waals surface area (Å²) in [6, 6.07) is 8.06. The Labute approximate surface area is 118 Å². The molecular weight excluding hydrogens is 314 g/mol. The van der Waals surface area contributed by atoms with E-state index in [4.69, 9.17) is 0 Å². The van der Waals surface area contributed by atoms with E-state index in [0.717, 1.165) is 21.6 Å². The van der Waals surface area contributed by atoms with Crippen LogP contribution in [0.2, 0.25) is 0 Å². The first-order chi connectivity index (χ1) is 8.69. The van der Waals surface area contributed by atoms with Gasteiger partial charge in [0.25, 0.3) is 0 Å². The van der Waals surface area contributed by atoms with Gasteiger partial charge in [-0.15, -0.1) is 11.3 Å². The monoisotopic (exact) mass is 325 g/mol. The Morgan fingerprint density at radius 2 is 2.22 bits per heavy atom. The van der Waals surface area contributed by atoms with Crippen LogP contribution >= 0.6 is 27.3 Å². The molecule has 0 saturated carbocycles. The first kappa shape index (κ1) is 13.2. The molecule has 0 aliphatic heterocycles. The lowest BCUT2D eigenvalue weighted by molar-refractivity contribution is -0.139. The molecule has 3 nitrogen and oxygen atoms in total. The highest BCUT2D eigenvalue weighted by Gasteiger charge is 2.09. The van der Waals surface area contributed by atoms with Crippen LogP contribution in [0.1, 0.15) is 16.3 Å². The van der Waals surface area contributed by atoms with Crippen LogP contribution < -0.4 is 0 Å². The van der Waals surface area contributed by atoms with Crippen molar-refractivity contribution in [1.82, 2.24) is 4.98 Å². The molecule has 0 aliphatic carbocycles. The Bertz CT molecular complexity index is 553. The number of aromatic nitrogens is 1. The fraction of sp³-hybridized carbons (Fsp3) is 0.231. The van der Waals surface area contributed by atoms with E-state index in [2.05, 4.69) is 31.7 Å². The van der Waals surface area contributed by atoms with E-state index >= 15 is 0 Å². The highest BCUT2D eigenvalue weighted by atomic mass is 79.9. The second-order valence-corrected chi connectivity index (χ2v) is 5.55. The molecule has 0 N–H and O–H groups in total. The largest absolute Gasteiger partial charge is 0.469 e. The molecule has 94 valence electrons. The summed E-state index contributed by atoms with van der Waals surface area (Å²) in [5, 5.41) is 2.91. The molecule has 0 unspecified atom stereocenters. The van der Waals surface area contributed by atoms with Crippen LogP contribution in [0.25, 0.3) is 0 Å². The van der Waals surface area contributed by atoms with Crippen molar-refractivity contribution in [3.63, 3.8) is 0 Å². The molecule has 5 heteroatoms. The minimum Gasteiger partial charge on any atom is -0.469 e. The first-order valence-corrected chi connectivity index (χ1v) is 7.10. The Morgan fingerprint density at radius 1 is 1.44 bits per heavy atom. The van der Waals surface area contributed by atoms with Gasteiger partial charge in [-0.05, 0) is 11.6 Å². The Morgan fingerprint density at radius 3 is 2.94 bits per heavy atom. The van der Waals surface area contributed by atoms with Crippen molar-refractivity contribution in [1.29, 1.82) is 0 Å². The Kier molecular flexibility index (Phi) is 4.49. The standard InChI is InChI=1S/C13H12BrNO2S/c1-17-13(16)7-10-8-18-12(15-10)6-9-4-2-3-5-11(9)14/h2-5,8H,6-7H2,1H3. The Hall–Kier alpha value is -1.20. The molecule has 1 heterocycles. The van der Waals surface area contributed by atoms with Gasteiger partial charge in [-0.1, -0.05) is 34.1 Å².